The van der Waals surface area contributed by atoms with E-state index >= 15 is 0 Å². The summed E-state index contributed by atoms with van der Waals surface area (Å²) < 4.78 is 50.3. The highest BCUT2D eigenvalue weighted by atomic mass is 79.9. The minimum atomic E-state index is -3.83. The second kappa shape index (κ2) is 7.99. The Balaban J connectivity index is 1.85. The van der Waals surface area contributed by atoms with Gasteiger partial charge in [0.1, 0.15) is 17.2 Å². The summed E-state index contributed by atoms with van der Waals surface area (Å²) in [5.74, 6) is -0.451. The zero-order valence-electron chi connectivity index (χ0n) is 17.2. The summed E-state index contributed by atoms with van der Waals surface area (Å²) in [5, 5.41) is 5.56. The molecule has 0 radical (unpaired) electrons. The Morgan fingerprint density at radius 1 is 1.35 bits per heavy atom. The van der Waals surface area contributed by atoms with Crippen LogP contribution in [0.2, 0.25) is 5.02 Å². The monoisotopic (exact) mass is 531 g/mol. The lowest BCUT2D eigenvalue weighted by atomic mass is 9.72. The van der Waals surface area contributed by atoms with Crippen molar-refractivity contribution in [3.63, 3.8) is 0 Å². The van der Waals surface area contributed by atoms with Gasteiger partial charge in [-0.05, 0) is 48.2 Å². The Bertz CT molecular complexity index is 1110. The predicted molar refractivity (Wildman–Crippen MR) is 121 cm³/mol. The molecule has 0 aliphatic carbocycles. The Labute approximate surface area is 195 Å². The van der Waals surface area contributed by atoms with E-state index in [1.165, 1.54) is 6.07 Å². The first kappa shape index (κ1) is 23.0. The van der Waals surface area contributed by atoms with Gasteiger partial charge in [-0.3, -0.25) is 0 Å². The lowest BCUT2D eigenvalue weighted by Crippen LogP contribution is -2.47. The molecule has 5 nitrogen and oxygen atoms in total. The van der Waals surface area contributed by atoms with E-state index in [0.29, 0.717) is 29.7 Å². The van der Waals surface area contributed by atoms with Crippen molar-refractivity contribution in [2.75, 3.05) is 6.61 Å². The summed E-state index contributed by atoms with van der Waals surface area (Å²) in [5.41, 5.74) is 0.716. The van der Waals surface area contributed by atoms with Crippen LogP contribution < -0.4 is 9.88 Å². The van der Waals surface area contributed by atoms with Crippen molar-refractivity contribution < 1.29 is 22.3 Å². The maximum absolute atomic E-state index is 14.4. The van der Waals surface area contributed by atoms with E-state index in [4.69, 9.17) is 26.2 Å². The van der Waals surface area contributed by atoms with Crippen LogP contribution in [-0.2, 0) is 26.8 Å². The molecular weight excluding hydrogens is 509 g/mol. The Kier molecular flexibility index (Phi) is 5.92. The third-order valence-electron chi connectivity index (χ3n) is 6.33. The maximum Gasteiger partial charge on any atom is 0.214 e. The van der Waals surface area contributed by atoms with Crippen molar-refractivity contribution in [1.82, 2.24) is 0 Å². The largest absolute Gasteiger partial charge is 0.481 e. The number of halogens is 3. The van der Waals surface area contributed by atoms with Crippen LogP contribution in [-0.4, -0.2) is 25.9 Å². The normalized spacial score (nSPS) is 23.9. The zero-order valence-corrected chi connectivity index (χ0v) is 20.4. The van der Waals surface area contributed by atoms with Crippen molar-refractivity contribution in [3.05, 3.63) is 62.8 Å². The van der Waals surface area contributed by atoms with Gasteiger partial charge in [-0.2, -0.15) is 0 Å². The molecule has 0 saturated carbocycles. The number of sulfonamides is 1. The van der Waals surface area contributed by atoms with Crippen molar-refractivity contribution in [3.8, 4) is 5.75 Å². The van der Waals surface area contributed by atoms with Crippen LogP contribution >= 0.6 is 27.5 Å². The molecule has 4 rings (SSSR count). The molecule has 2 unspecified atom stereocenters. The van der Waals surface area contributed by atoms with Gasteiger partial charge in [0.05, 0.1) is 22.5 Å². The minimum Gasteiger partial charge on any atom is -0.481 e. The van der Waals surface area contributed by atoms with Crippen LogP contribution in [0.5, 0.6) is 5.75 Å². The highest BCUT2D eigenvalue weighted by Crippen LogP contribution is 2.53. The zero-order chi connectivity index (χ0) is 22.6. The lowest BCUT2D eigenvalue weighted by molar-refractivity contribution is 0.00834. The third kappa shape index (κ3) is 4.25. The van der Waals surface area contributed by atoms with Crippen molar-refractivity contribution in [2.24, 2.45) is 11.1 Å². The topological polar surface area (TPSA) is 81.9 Å². The highest BCUT2D eigenvalue weighted by molar-refractivity contribution is 9.10. The van der Waals surface area contributed by atoms with Gasteiger partial charge in [0, 0.05) is 28.4 Å². The number of epoxide rings is 1. The molecule has 2 aromatic rings. The number of benzene rings is 2. The SMILES string of the molecule is CC(C)(CC(CC1CO1)[C@]1(c2ccccc2)Cc2c(cc(F)c(Cl)c2Br)O1)S(N)(=O)=O. The van der Waals surface area contributed by atoms with Crippen molar-refractivity contribution in [2.45, 2.75) is 49.6 Å². The molecule has 0 amide bonds. The van der Waals surface area contributed by atoms with Crippen LogP contribution in [0.3, 0.4) is 0 Å². The minimum absolute atomic E-state index is 0.00171. The number of ether oxygens (including phenoxy) is 2. The molecule has 2 aliphatic heterocycles. The van der Waals surface area contributed by atoms with Crippen LogP contribution in [0.1, 0.15) is 37.8 Å². The molecule has 2 aliphatic rings. The number of hydrogen-bond donors (Lipinski definition) is 1. The van der Waals surface area contributed by atoms with Gasteiger partial charge in [-0.15, -0.1) is 0 Å². The second-order valence-corrected chi connectivity index (χ2v) is 12.3. The van der Waals surface area contributed by atoms with E-state index < -0.39 is 26.2 Å². The molecule has 2 aromatic carbocycles. The first-order valence-electron chi connectivity index (χ1n) is 9.99. The quantitative estimate of drug-likeness (QED) is 0.405. The summed E-state index contributed by atoms with van der Waals surface area (Å²) in [6.07, 6.45) is 1.28. The molecular formula is C22H24BrClFNO4S. The van der Waals surface area contributed by atoms with Crippen LogP contribution in [0, 0.1) is 11.7 Å². The average Bonchev–Trinajstić information content (AvgIpc) is 3.43. The molecule has 0 bridgehead atoms. The molecule has 9 heteroatoms. The van der Waals surface area contributed by atoms with E-state index in [1.54, 1.807) is 13.8 Å². The number of nitrogens with two attached hydrogens (primary N) is 1. The van der Waals surface area contributed by atoms with Crippen LogP contribution in [0.4, 0.5) is 4.39 Å². The van der Waals surface area contributed by atoms with Gasteiger partial charge in [0.2, 0.25) is 10.0 Å². The van der Waals surface area contributed by atoms with Crippen LogP contribution in [0.25, 0.3) is 0 Å². The van der Waals surface area contributed by atoms with Gasteiger partial charge in [-0.25, -0.2) is 17.9 Å². The van der Waals surface area contributed by atoms with Crippen molar-refractivity contribution in [1.29, 1.82) is 0 Å². The fourth-order valence-corrected chi connectivity index (χ4v) is 5.50. The van der Waals surface area contributed by atoms with Gasteiger partial charge < -0.3 is 9.47 Å². The van der Waals surface area contributed by atoms with E-state index in [2.05, 4.69) is 15.9 Å². The Morgan fingerprint density at radius 2 is 2.00 bits per heavy atom. The first-order valence-corrected chi connectivity index (χ1v) is 12.7. The van der Waals surface area contributed by atoms with Crippen LogP contribution in [0.15, 0.2) is 40.9 Å². The second-order valence-electron chi connectivity index (χ2n) is 8.89. The molecule has 31 heavy (non-hydrogen) atoms. The fraction of sp³-hybridized carbons (Fsp3) is 0.455. The van der Waals surface area contributed by atoms with Gasteiger partial charge >= 0.3 is 0 Å². The Hall–Kier alpha value is -1.19. The van der Waals surface area contributed by atoms with Crippen molar-refractivity contribution >= 4 is 37.6 Å². The first-order chi connectivity index (χ1) is 14.4. The van der Waals surface area contributed by atoms with E-state index in [-0.39, 0.29) is 23.5 Å². The molecule has 1 saturated heterocycles. The maximum atomic E-state index is 14.4. The predicted octanol–water partition coefficient (Wildman–Crippen LogP) is 4.93. The molecule has 3 atom stereocenters. The highest BCUT2D eigenvalue weighted by Gasteiger charge is 2.52. The summed E-state index contributed by atoms with van der Waals surface area (Å²) in [6.45, 7) is 3.86. The molecule has 2 heterocycles. The summed E-state index contributed by atoms with van der Waals surface area (Å²) in [6, 6.07) is 10.9. The molecule has 1 fully saturated rings. The molecule has 168 valence electrons. The van der Waals surface area contributed by atoms with E-state index in [1.807, 2.05) is 30.3 Å². The molecule has 2 N–H and O–H groups in total. The van der Waals surface area contributed by atoms with E-state index in [9.17, 15) is 12.8 Å². The number of rotatable bonds is 7. The average molecular weight is 533 g/mol. The van der Waals surface area contributed by atoms with Gasteiger partial charge in [0.25, 0.3) is 0 Å². The van der Waals surface area contributed by atoms with Gasteiger partial charge in [-0.1, -0.05) is 41.9 Å². The summed E-state index contributed by atoms with van der Waals surface area (Å²) in [7, 11) is -3.83. The number of fused-ring (bicyclic) bond motifs is 1. The fourth-order valence-electron chi connectivity index (χ4n) is 4.38. The van der Waals surface area contributed by atoms with E-state index in [0.717, 1.165) is 11.1 Å². The summed E-state index contributed by atoms with van der Waals surface area (Å²) >= 11 is 9.57. The van der Waals surface area contributed by atoms with Gasteiger partial charge in [0.15, 0.2) is 0 Å². The lowest BCUT2D eigenvalue weighted by Gasteiger charge is -2.40. The molecule has 0 aromatic heterocycles. The smallest absolute Gasteiger partial charge is 0.214 e. The third-order valence-corrected chi connectivity index (χ3v) is 9.51. The Morgan fingerprint density at radius 3 is 2.58 bits per heavy atom. The molecule has 0 spiro atoms. The standard InChI is InChI=1S/C22H24BrClFNO4S/c1-21(2,31(26,27)28)10-14(8-15-12-29-15)22(13-6-4-3-5-7-13)11-16-18(30-22)9-17(25)20(24)19(16)23/h3-7,9,14-15H,8,10-12H2,1-2H3,(H2,26,27,28)/t14?,15?,22-/m1/s1. The summed E-state index contributed by atoms with van der Waals surface area (Å²) in [4.78, 5) is 0. The number of hydrogen-bond acceptors (Lipinski definition) is 4. The number of primary sulfonamides is 1.